The number of thiazole rings is 1. The van der Waals surface area contributed by atoms with Crippen LogP contribution >= 0.6 is 11.3 Å². The molecule has 12 heteroatoms. The van der Waals surface area contributed by atoms with Crippen molar-refractivity contribution in [2.24, 2.45) is 5.92 Å². The molecule has 2 N–H and O–H groups in total. The topological polar surface area (TPSA) is 143 Å². The lowest BCUT2D eigenvalue weighted by Crippen LogP contribution is -2.34. The van der Waals surface area contributed by atoms with Crippen molar-refractivity contribution < 1.29 is 19.5 Å². The Kier molecular flexibility index (Phi) is 9.96. The highest BCUT2D eigenvalue weighted by Gasteiger charge is 2.29. The molecule has 0 spiro atoms. The Balaban J connectivity index is 1.14. The highest BCUT2D eigenvalue weighted by Crippen LogP contribution is 2.33. The molecule has 2 aromatic carbocycles. The van der Waals surface area contributed by atoms with Crippen LogP contribution in [0.4, 0.5) is 5.69 Å². The van der Waals surface area contributed by atoms with Crippen LogP contribution in [0.1, 0.15) is 54.7 Å². The molecule has 6 rings (SSSR count). The van der Waals surface area contributed by atoms with Crippen molar-refractivity contribution in [1.29, 1.82) is 5.26 Å². The van der Waals surface area contributed by atoms with Gasteiger partial charge in [-0.3, -0.25) is 24.3 Å². The van der Waals surface area contributed by atoms with Crippen molar-refractivity contribution in [2.45, 2.75) is 33.0 Å². The SMILES string of the molecule is Cc1c(NC(=O)c2nc3c(s2)CN(C(=O)CN(C)C)C3)cccc1-c1ccnc(/C=C/c2ccc(CN3CC[C@@H](C(=O)O)C3)cc2)c1C#N. The smallest absolute Gasteiger partial charge is 0.307 e. The Morgan fingerprint density at radius 3 is 2.59 bits per heavy atom. The van der Waals surface area contributed by atoms with E-state index in [1.165, 1.54) is 11.3 Å². The van der Waals surface area contributed by atoms with E-state index in [0.717, 1.165) is 39.4 Å². The lowest BCUT2D eigenvalue weighted by atomic mass is 9.95. The molecule has 0 aliphatic carbocycles. The van der Waals surface area contributed by atoms with Crippen LogP contribution in [0.25, 0.3) is 23.3 Å². The number of aliphatic carboxylic acids is 1. The summed E-state index contributed by atoms with van der Waals surface area (Å²) < 4.78 is 0. The molecule has 1 fully saturated rings. The van der Waals surface area contributed by atoms with Crippen LogP contribution in [0, 0.1) is 24.2 Å². The minimum atomic E-state index is -0.731. The maximum atomic E-state index is 13.3. The van der Waals surface area contributed by atoms with E-state index in [4.69, 9.17) is 0 Å². The van der Waals surface area contributed by atoms with Crippen molar-refractivity contribution >= 4 is 47.0 Å². The molecule has 1 atom stereocenters. The molecule has 2 aliphatic rings. The number of hydrogen-bond donors (Lipinski definition) is 2. The third-order valence-corrected chi connectivity index (χ3v) is 9.94. The van der Waals surface area contributed by atoms with Gasteiger partial charge in [0.05, 0.1) is 42.5 Å². The largest absolute Gasteiger partial charge is 0.481 e. The Morgan fingerprint density at radius 2 is 1.90 bits per heavy atom. The molecular formula is C37H37N7O4S. The van der Waals surface area contributed by atoms with Gasteiger partial charge < -0.3 is 20.2 Å². The first-order chi connectivity index (χ1) is 23.6. The number of fused-ring (bicyclic) bond motifs is 1. The maximum absolute atomic E-state index is 13.3. The number of hydrogen-bond acceptors (Lipinski definition) is 9. The van der Waals surface area contributed by atoms with Crippen LogP contribution in [0.5, 0.6) is 0 Å². The third-order valence-electron chi connectivity index (χ3n) is 8.86. The molecule has 2 aromatic heterocycles. The van der Waals surface area contributed by atoms with Crippen LogP contribution in [-0.4, -0.2) is 81.3 Å². The van der Waals surface area contributed by atoms with Gasteiger partial charge in [0.15, 0.2) is 5.01 Å². The zero-order valence-corrected chi connectivity index (χ0v) is 28.5. The van der Waals surface area contributed by atoms with Gasteiger partial charge in [0.2, 0.25) is 5.91 Å². The van der Waals surface area contributed by atoms with Gasteiger partial charge in [-0.1, -0.05) is 42.5 Å². The molecule has 2 amide bonds. The number of amides is 2. The van der Waals surface area contributed by atoms with Crippen molar-refractivity contribution in [3.05, 3.63) is 98.3 Å². The summed E-state index contributed by atoms with van der Waals surface area (Å²) in [6, 6.07) is 17.8. The van der Waals surface area contributed by atoms with Gasteiger partial charge in [0.25, 0.3) is 5.91 Å². The average Bonchev–Trinajstić information content (AvgIpc) is 3.81. The van der Waals surface area contributed by atoms with E-state index >= 15 is 0 Å². The van der Waals surface area contributed by atoms with Crippen LogP contribution in [-0.2, 0) is 29.2 Å². The third kappa shape index (κ3) is 7.60. The normalized spacial score (nSPS) is 15.9. The summed E-state index contributed by atoms with van der Waals surface area (Å²) in [6.07, 6.45) is 6.09. The van der Waals surface area contributed by atoms with E-state index in [1.54, 1.807) is 17.2 Å². The summed E-state index contributed by atoms with van der Waals surface area (Å²) >= 11 is 1.30. The van der Waals surface area contributed by atoms with E-state index in [0.29, 0.717) is 66.7 Å². The fraction of sp³-hybridized carbons (Fsp3) is 0.297. The van der Waals surface area contributed by atoms with E-state index < -0.39 is 5.97 Å². The number of carboxylic acids is 1. The first-order valence-corrected chi connectivity index (χ1v) is 16.8. The number of aromatic nitrogens is 2. The van der Waals surface area contributed by atoms with E-state index in [-0.39, 0.29) is 17.7 Å². The second-order valence-electron chi connectivity index (χ2n) is 12.7. The number of likely N-dealkylation sites (tertiary alicyclic amines) is 1. The molecule has 4 aromatic rings. The van der Waals surface area contributed by atoms with Gasteiger partial charge in [-0.25, -0.2) is 4.98 Å². The van der Waals surface area contributed by atoms with Crippen LogP contribution in [0.2, 0.25) is 0 Å². The van der Waals surface area contributed by atoms with Gasteiger partial charge in [-0.05, 0) is 74.4 Å². The number of nitrogens with zero attached hydrogens (tertiary/aromatic N) is 6. The number of anilines is 1. The fourth-order valence-corrected chi connectivity index (χ4v) is 7.20. The second-order valence-corrected chi connectivity index (χ2v) is 13.8. The molecule has 0 saturated carbocycles. The summed E-state index contributed by atoms with van der Waals surface area (Å²) in [7, 11) is 3.71. The van der Waals surface area contributed by atoms with Gasteiger partial charge in [0, 0.05) is 35.4 Å². The molecule has 11 nitrogen and oxygen atoms in total. The molecule has 2 aliphatic heterocycles. The zero-order chi connectivity index (χ0) is 34.7. The summed E-state index contributed by atoms with van der Waals surface area (Å²) in [6.45, 7) is 5.14. The lowest BCUT2D eigenvalue weighted by Gasteiger charge is -2.18. The number of benzene rings is 2. The van der Waals surface area contributed by atoms with E-state index in [1.807, 2.05) is 80.5 Å². The number of carboxylic acid groups (broad SMARTS) is 1. The maximum Gasteiger partial charge on any atom is 0.307 e. The van der Waals surface area contributed by atoms with Gasteiger partial charge in [-0.2, -0.15) is 5.26 Å². The van der Waals surface area contributed by atoms with Gasteiger partial charge >= 0.3 is 5.97 Å². The van der Waals surface area contributed by atoms with Crippen molar-refractivity contribution in [2.75, 3.05) is 39.0 Å². The number of carbonyl (C=O) groups is 3. The summed E-state index contributed by atoms with van der Waals surface area (Å²) in [5.41, 5.74) is 6.72. The standard InChI is InChI=1S/C37H37N7O4S/c1-23-27(5-4-6-30(23)40-35(46)36-41-32-20-44(21-33(32)49-36)34(45)22-42(2)3)28-13-15-39-31(29(28)17-38)12-11-24-7-9-25(10-8-24)18-43-16-14-26(19-43)37(47)48/h4-13,15,26H,14,16,18-22H2,1-3H3,(H,40,46)(H,47,48)/b12-11+/t26-/m1/s1. The number of nitrogens with one attached hydrogen (secondary N) is 1. The number of pyridine rings is 1. The predicted octanol–water partition coefficient (Wildman–Crippen LogP) is 5.12. The second kappa shape index (κ2) is 14.5. The number of nitriles is 1. The highest BCUT2D eigenvalue weighted by molar-refractivity contribution is 7.13. The Bertz CT molecular complexity index is 1960. The molecule has 0 unspecified atom stereocenters. The summed E-state index contributed by atoms with van der Waals surface area (Å²) in [5, 5.41) is 22.8. The fourth-order valence-electron chi connectivity index (χ4n) is 6.21. The number of carbonyl (C=O) groups excluding carboxylic acids is 2. The van der Waals surface area contributed by atoms with Crippen LogP contribution in [0.15, 0.2) is 54.7 Å². The average molecular weight is 676 g/mol. The predicted molar refractivity (Wildman–Crippen MR) is 188 cm³/mol. The quantitative estimate of drug-likeness (QED) is 0.234. The van der Waals surface area contributed by atoms with E-state index in [9.17, 15) is 24.8 Å². The number of likely N-dealkylation sites (N-methyl/N-ethyl adjacent to an activating group) is 1. The molecule has 250 valence electrons. The molecule has 0 bridgehead atoms. The van der Waals surface area contributed by atoms with Crippen molar-refractivity contribution in [3.8, 4) is 17.2 Å². The molecular weight excluding hydrogens is 639 g/mol. The molecule has 49 heavy (non-hydrogen) atoms. The van der Waals surface area contributed by atoms with Crippen LogP contribution < -0.4 is 5.32 Å². The Morgan fingerprint density at radius 1 is 1.10 bits per heavy atom. The Hall–Kier alpha value is -5.22. The molecule has 0 radical (unpaired) electrons. The monoisotopic (exact) mass is 675 g/mol. The van der Waals surface area contributed by atoms with Gasteiger partial charge in [-0.15, -0.1) is 11.3 Å². The summed E-state index contributed by atoms with van der Waals surface area (Å²) in [4.78, 5) is 52.7. The number of rotatable bonds is 10. The summed E-state index contributed by atoms with van der Waals surface area (Å²) in [5.74, 6) is -1.32. The first kappa shape index (κ1) is 33.7. The van der Waals surface area contributed by atoms with E-state index in [2.05, 4.69) is 26.3 Å². The molecule has 4 heterocycles. The van der Waals surface area contributed by atoms with Crippen LogP contribution in [0.3, 0.4) is 0 Å². The lowest BCUT2D eigenvalue weighted by molar-refractivity contribution is -0.141. The van der Waals surface area contributed by atoms with Gasteiger partial charge in [0.1, 0.15) is 6.07 Å². The van der Waals surface area contributed by atoms with Crippen molar-refractivity contribution in [1.82, 2.24) is 24.7 Å². The minimum Gasteiger partial charge on any atom is -0.481 e. The Labute approximate surface area is 289 Å². The first-order valence-electron chi connectivity index (χ1n) is 16.0. The minimum absolute atomic E-state index is 0.0296. The molecule has 1 saturated heterocycles. The van der Waals surface area contributed by atoms with Crippen molar-refractivity contribution in [3.63, 3.8) is 0 Å². The highest BCUT2D eigenvalue weighted by atomic mass is 32.1. The zero-order valence-electron chi connectivity index (χ0n) is 27.6.